The Morgan fingerprint density at radius 2 is 1.93 bits per heavy atom. The standard InChI is InChI=1S/C10H12ClNO2.ClH/c11-8-3-1-7(2-4-8)5-9(12)6-10(13)14;/h1-4,9H,5-6,12H2,(H,13,14);1H/t9-;/m1./s1. The highest BCUT2D eigenvalue weighted by molar-refractivity contribution is 6.30. The number of carboxylic acid groups (broad SMARTS) is 1. The predicted octanol–water partition coefficient (Wildman–Crippen LogP) is 2.11. The first-order valence-electron chi connectivity index (χ1n) is 4.30. The van der Waals surface area contributed by atoms with E-state index in [1.54, 1.807) is 12.1 Å². The van der Waals surface area contributed by atoms with Gasteiger partial charge in [-0.2, -0.15) is 0 Å². The fraction of sp³-hybridized carbons (Fsp3) is 0.300. The summed E-state index contributed by atoms with van der Waals surface area (Å²) in [6.07, 6.45) is 0.548. The Labute approximate surface area is 99.6 Å². The Bertz CT molecular complexity index is 314. The minimum absolute atomic E-state index is 0. The first-order valence-corrected chi connectivity index (χ1v) is 4.67. The molecule has 3 nitrogen and oxygen atoms in total. The summed E-state index contributed by atoms with van der Waals surface area (Å²) in [5.74, 6) is -0.869. The van der Waals surface area contributed by atoms with Crippen LogP contribution < -0.4 is 5.73 Å². The van der Waals surface area contributed by atoms with Crippen LogP contribution in [-0.4, -0.2) is 17.1 Å². The fourth-order valence-corrected chi connectivity index (χ4v) is 1.35. The molecule has 0 radical (unpaired) electrons. The van der Waals surface area contributed by atoms with E-state index in [0.29, 0.717) is 11.4 Å². The summed E-state index contributed by atoms with van der Waals surface area (Å²) in [4.78, 5) is 10.4. The molecular weight excluding hydrogens is 237 g/mol. The molecule has 1 atom stereocenters. The summed E-state index contributed by atoms with van der Waals surface area (Å²) in [5, 5.41) is 9.17. The summed E-state index contributed by atoms with van der Waals surface area (Å²) >= 11 is 5.71. The van der Waals surface area contributed by atoms with Gasteiger partial charge in [0.1, 0.15) is 0 Å². The van der Waals surface area contributed by atoms with Crippen LogP contribution in [-0.2, 0) is 11.2 Å². The van der Waals surface area contributed by atoms with E-state index in [0.717, 1.165) is 5.56 Å². The van der Waals surface area contributed by atoms with Crippen LogP contribution in [0.1, 0.15) is 12.0 Å². The third kappa shape index (κ3) is 5.62. The molecule has 0 aliphatic heterocycles. The highest BCUT2D eigenvalue weighted by Gasteiger charge is 2.08. The van der Waals surface area contributed by atoms with Gasteiger partial charge < -0.3 is 10.8 Å². The summed E-state index contributed by atoms with van der Waals surface area (Å²) < 4.78 is 0. The summed E-state index contributed by atoms with van der Waals surface area (Å²) in [5.41, 5.74) is 6.63. The zero-order chi connectivity index (χ0) is 10.6. The van der Waals surface area contributed by atoms with Gasteiger partial charge in [-0.15, -0.1) is 12.4 Å². The molecule has 0 spiro atoms. The Morgan fingerprint density at radius 1 is 1.40 bits per heavy atom. The quantitative estimate of drug-likeness (QED) is 0.860. The molecule has 84 valence electrons. The number of halogens is 2. The van der Waals surface area contributed by atoms with Crippen molar-refractivity contribution in [3.05, 3.63) is 34.9 Å². The predicted molar refractivity (Wildman–Crippen MR) is 62.6 cm³/mol. The van der Waals surface area contributed by atoms with Crippen molar-refractivity contribution in [1.29, 1.82) is 0 Å². The van der Waals surface area contributed by atoms with E-state index >= 15 is 0 Å². The van der Waals surface area contributed by atoms with Gasteiger partial charge in [-0.3, -0.25) is 4.79 Å². The van der Waals surface area contributed by atoms with Crippen molar-refractivity contribution in [2.45, 2.75) is 18.9 Å². The van der Waals surface area contributed by atoms with Crippen molar-refractivity contribution in [3.63, 3.8) is 0 Å². The fourth-order valence-electron chi connectivity index (χ4n) is 1.22. The molecule has 0 saturated carbocycles. The minimum atomic E-state index is -0.869. The molecule has 0 unspecified atom stereocenters. The number of rotatable bonds is 4. The van der Waals surface area contributed by atoms with E-state index < -0.39 is 5.97 Å². The maximum Gasteiger partial charge on any atom is 0.304 e. The molecule has 0 amide bonds. The van der Waals surface area contributed by atoms with Crippen molar-refractivity contribution in [2.75, 3.05) is 0 Å². The van der Waals surface area contributed by atoms with Crippen LogP contribution in [0.5, 0.6) is 0 Å². The molecule has 1 aromatic carbocycles. The van der Waals surface area contributed by atoms with Crippen LogP contribution in [0.4, 0.5) is 0 Å². The molecule has 3 N–H and O–H groups in total. The van der Waals surface area contributed by atoms with E-state index in [1.807, 2.05) is 12.1 Å². The van der Waals surface area contributed by atoms with Crippen LogP contribution in [0.15, 0.2) is 24.3 Å². The van der Waals surface area contributed by atoms with Crippen LogP contribution in [0.3, 0.4) is 0 Å². The zero-order valence-electron chi connectivity index (χ0n) is 8.02. The van der Waals surface area contributed by atoms with Gasteiger partial charge in [0, 0.05) is 11.1 Å². The molecule has 1 aromatic rings. The topological polar surface area (TPSA) is 63.3 Å². The van der Waals surface area contributed by atoms with E-state index in [1.165, 1.54) is 0 Å². The second-order valence-electron chi connectivity index (χ2n) is 3.19. The number of aliphatic carboxylic acids is 1. The van der Waals surface area contributed by atoms with Gasteiger partial charge in [0.2, 0.25) is 0 Å². The lowest BCUT2D eigenvalue weighted by molar-refractivity contribution is -0.137. The van der Waals surface area contributed by atoms with Crippen molar-refractivity contribution >= 4 is 30.0 Å². The number of carbonyl (C=O) groups is 1. The van der Waals surface area contributed by atoms with Crippen molar-refractivity contribution in [2.24, 2.45) is 5.73 Å². The lowest BCUT2D eigenvalue weighted by Gasteiger charge is -2.08. The highest BCUT2D eigenvalue weighted by Crippen LogP contribution is 2.11. The Hall–Kier alpha value is -0.770. The smallest absolute Gasteiger partial charge is 0.304 e. The van der Waals surface area contributed by atoms with E-state index in [-0.39, 0.29) is 24.9 Å². The van der Waals surface area contributed by atoms with Crippen molar-refractivity contribution in [1.82, 2.24) is 0 Å². The monoisotopic (exact) mass is 249 g/mol. The van der Waals surface area contributed by atoms with Crippen LogP contribution >= 0.6 is 24.0 Å². The molecular formula is C10H13Cl2NO2. The van der Waals surface area contributed by atoms with E-state index in [2.05, 4.69) is 0 Å². The lowest BCUT2D eigenvalue weighted by atomic mass is 10.0. The Kier molecular flexibility index (Phi) is 6.32. The van der Waals surface area contributed by atoms with Gasteiger partial charge >= 0.3 is 5.97 Å². The van der Waals surface area contributed by atoms with Gasteiger partial charge in [0.05, 0.1) is 6.42 Å². The summed E-state index contributed by atoms with van der Waals surface area (Å²) in [6, 6.07) is 6.90. The average molecular weight is 250 g/mol. The van der Waals surface area contributed by atoms with Crippen molar-refractivity contribution in [3.8, 4) is 0 Å². The maximum atomic E-state index is 10.4. The molecule has 0 aliphatic carbocycles. The third-order valence-electron chi connectivity index (χ3n) is 1.85. The number of carboxylic acids is 1. The molecule has 15 heavy (non-hydrogen) atoms. The third-order valence-corrected chi connectivity index (χ3v) is 2.10. The molecule has 0 aliphatic rings. The molecule has 0 heterocycles. The summed E-state index contributed by atoms with van der Waals surface area (Å²) in [6.45, 7) is 0. The number of hydrogen-bond acceptors (Lipinski definition) is 2. The number of nitrogens with two attached hydrogens (primary N) is 1. The summed E-state index contributed by atoms with van der Waals surface area (Å²) in [7, 11) is 0. The van der Waals surface area contributed by atoms with Gasteiger partial charge in [-0.1, -0.05) is 23.7 Å². The molecule has 0 aromatic heterocycles. The Morgan fingerprint density at radius 3 is 2.40 bits per heavy atom. The average Bonchev–Trinajstić information content (AvgIpc) is 2.07. The van der Waals surface area contributed by atoms with Crippen molar-refractivity contribution < 1.29 is 9.90 Å². The van der Waals surface area contributed by atoms with Gasteiger partial charge in [0.25, 0.3) is 0 Å². The number of benzene rings is 1. The normalized spacial score (nSPS) is 11.6. The SMILES string of the molecule is Cl.N[C@@H](CC(=O)O)Cc1ccc(Cl)cc1. The largest absolute Gasteiger partial charge is 0.481 e. The molecule has 5 heteroatoms. The maximum absolute atomic E-state index is 10.4. The van der Waals surface area contributed by atoms with Gasteiger partial charge in [-0.25, -0.2) is 0 Å². The molecule has 0 fully saturated rings. The van der Waals surface area contributed by atoms with Crippen LogP contribution in [0.2, 0.25) is 5.02 Å². The molecule has 0 saturated heterocycles. The molecule has 0 bridgehead atoms. The number of hydrogen-bond donors (Lipinski definition) is 2. The molecule has 1 rings (SSSR count). The minimum Gasteiger partial charge on any atom is -0.481 e. The first-order chi connectivity index (χ1) is 6.58. The highest BCUT2D eigenvalue weighted by atomic mass is 35.5. The first kappa shape index (κ1) is 14.2. The van der Waals surface area contributed by atoms with E-state index in [9.17, 15) is 4.79 Å². The van der Waals surface area contributed by atoms with Gasteiger partial charge in [-0.05, 0) is 24.1 Å². The van der Waals surface area contributed by atoms with Crippen LogP contribution in [0.25, 0.3) is 0 Å². The zero-order valence-corrected chi connectivity index (χ0v) is 9.59. The second kappa shape index (κ2) is 6.67. The lowest BCUT2D eigenvalue weighted by Crippen LogP contribution is -2.26. The van der Waals surface area contributed by atoms with E-state index in [4.69, 9.17) is 22.4 Å². The second-order valence-corrected chi connectivity index (χ2v) is 3.62. The van der Waals surface area contributed by atoms with Crippen LogP contribution in [0, 0.1) is 0 Å². The van der Waals surface area contributed by atoms with Gasteiger partial charge in [0.15, 0.2) is 0 Å². The Balaban J connectivity index is 0.00000196.